The SMILES string of the molecule is CCOP(=O)(OCC)C(C)Sc1ccccc1. The van der Waals surface area contributed by atoms with E-state index in [0.29, 0.717) is 13.2 Å². The maximum Gasteiger partial charge on any atom is 0.343 e. The molecule has 0 saturated carbocycles. The molecule has 0 N–H and O–H groups in total. The maximum absolute atomic E-state index is 12.5. The van der Waals surface area contributed by atoms with Crippen LogP contribution in [-0.4, -0.2) is 18.2 Å². The van der Waals surface area contributed by atoms with Crippen molar-refractivity contribution in [3.8, 4) is 0 Å². The quantitative estimate of drug-likeness (QED) is 0.545. The smallest absolute Gasteiger partial charge is 0.308 e. The van der Waals surface area contributed by atoms with Gasteiger partial charge in [-0.05, 0) is 32.9 Å². The summed E-state index contributed by atoms with van der Waals surface area (Å²) in [6.45, 7) is 6.33. The van der Waals surface area contributed by atoms with Crippen molar-refractivity contribution in [3.05, 3.63) is 30.3 Å². The first-order valence-electron chi connectivity index (χ1n) is 5.73. The molecule has 1 aromatic rings. The average molecular weight is 274 g/mol. The number of rotatable bonds is 7. The Morgan fingerprint density at radius 1 is 1.18 bits per heavy atom. The molecule has 0 saturated heterocycles. The van der Waals surface area contributed by atoms with Gasteiger partial charge in [-0.2, -0.15) is 0 Å². The molecule has 0 amide bonds. The fraction of sp³-hybridized carbons (Fsp3) is 0.500. The molecule has 17 heavy (non-hydrogen) atoms. The molecule has 5 heteroatoms. The lowest BCUT2D eigenvalue weighted by molar-refractivity contribution is 0.219. The molecule has 1 rings (SSSR count). The minimum Gasteiger partial charge on any atom is -0.308 e. The van der Waals surface area contributed by atoms with Crippen LogP contribution < -0.4 is 0 Å². The first-order chi connectivity index (χ1) is 8.12. The predicted molar refractivity (Wildman–Crippen MR) is 72.6 cm³/mol. The second-order valence-electron chi connectivity index (χ2n) is 3.41. The summed E-state index contributed by atoms with van der Waals surface area (Å²) in [7, 11) is -3.01. The van der Waals surface area contributed by atoms with E-state index in [2.05, 4.69) is 0 Å². The lowest BCUT2D eigenvalue weighted by Crippen LogP contribution is -2.06. The van der Waals surface area contributed by atoms with E-state index in [9.17, 15) is 4.57 Å². The fourth-order valence-corrected chi connectivity index (χ4v) is 4.54. The van der Waals surface area contributed by atoms with Crippen molar-refractivity contribution >= 4 is 19.4 Å². The summed E-state index contributed by atoms with van der Waals surface area (Å²) in [5.41, 5.74) is 0. The molecule has 0 aliphatic rings. The Balaban J connectivity index is 2.72. The lowest BCUT2D eigenvalue weighted by atomic mass is 10.4. The molecule has 0 fully saturated rings. The van der Waals surface area contributed by atoms with E-state index in [0.717, 1.165) is 4.90 Å². The van der Waals surface area contributed by atoms with Crippen LogP contribution in [0, 0.1) is 0 Å². The van der Waals surface area contributed by atoms with Gasteiger partial charge in [0.25, 0.3) is 0 Å². The molecule has 0 aliphatic heterocycles. The zero-order valence-electron chi connectivity index (χ0n) is 10.5. The number of hydrogen-bond acceptors (Lipinski definition) is 4. The van der Waals surface area contributed by atoms with Gasteiger partial charge in [0.1, 0.15) is 4.99 Å². The summed E-state index contributed by atoms with van der Waals surface area (Å²) in [5.74, 6) is 0. The molecule has 96 valence electrons. The second-order valence-corrected chi connectivity index (χ2v) is 7.54. The van der Waals surface area contributed by atoms with Crippen LogP contribution in [0.5, 0.6) is 0 Å². The van der Waals surface area contributed by atoms with Gasteiger partial charge in [0, 0.05) is 4.90 Å². The summed E-state index contributed by atoms with van der Waals surface area (Å²) in [6, 6.07) is 9.86. The third-order valence-electron chi connectivity index (χ3n) is 2.11. The van der Waals surface area contributed by atoms with Gasteiger partial charge in [-0.25, -0.2) is 0 Å². The Morgan fingerprint density at radius 3 is 2.18 bits per heavy atom. The van der Waals surface area contributed by atoms with E-state index in [1.54, 1.807) is 0 Å². The molecule has 1 atom stereocenters. The van der Waals surface area contributed by atoms with Crippen molar-refractivity contribution in [1.29, 1.82) is 0 Å². The highest BCUT2D eigenvalue weighted by Crippen LogP contribution is 2.58. The van der Waals surface area contributed by atoms with Crippen molar-refractivity contribution in [3.63, 3.8) is 0 Å². The monoisotopic (exact) mass is 274 g/mol. The van der Waals surface area contributed by atoms with Gasteiger partial charge in [0.05, 0.1) is 13.2 Å². The first kappa shape index (κ1) is 14.8. The third kappa shape index (κ3) is 4.47. The zero-order valence-corrected chi connectivity index (χ0v) is 12.2. The average Bonchev–Trinajstić information content (AvgIpc) is 2.31. The van der Waals surface area contributed by atoms with Gasteiger partial charge >= 0.3 is 7.60 Å². The molecule has 0 heterocycles. The molecule has 0 spiro atoms. The van der Waals surface area contributed by atoms with Gasteiger partial charge in [-0.3, -0.25) is 4.57 Å². The van der Waals surface area contributed by atoms with Crippen LogP contribution in [-0.2, 0) is 13.6 Å². The van der Waals surface area contributed by atoms with E-state index in [1.807, 2.05) is 51.1 Å². The van der Waals surface area contributed by atoms with Crippen LogP contribution >= 0.6 is 19.4 Å². The van der Waals surface area contributed by atoms with Gasteiger partial charge in [-0.15, -0.1) is 11.8 Å². The normalized spacial score (nSPS) is 13.6. The van der Waals surface area contributed by atoms with Crippen molar-refractivity contribution in [2.24, 2.45) is 0 Å². The van der Waals surface area contributed by atoms with E-state index in [4.69, 9.17) is 9.05 Å². The highest BCUT2D eigenvalue weighted by molar-refractivity contribution is 8.05. The van der Waals surface area contributed by atoms with Gasteiger partial charge < -0.3 is 9.05 Å². The Bertz CT molecular complexity index is 359. The molecule has 0 bridgehead atoms. The fourth-order valence-electron chi connectivity index (χ4n) is 1.37. The van der Waals surface area contributed by atoms with Crippen LogP contribution in [0.25, 0.3) is 0 Å². The third-order valence-corrected chi connectivity index (χ3v) is 6.22. The summed E-state index contributed by atoms with van der Waals surface area (Å²) in [4.78, 5) is 0.865. The minimum absolute atomic E-state index is 0.204. The maximum atomic E-state index is 12.5. The van der Waals surface area contributed by atoms with Crippen molar-refractivity contribution in [2.45, 2.75) is 30.7 Å². The molecule has 0 aliphatic carbocycles. The van der Waals surface area contributed by atoms with Crippen molar-refractivity contribution in [2.75, 3.05) is 13.2 Å². The molecular formula is C12H19O3PS. The summed E-state index contributed by atoms with van der Waals surface area (Å²) < 4.78 is 23.1. The zero-order chi connectivity index (χ0) is 12.7. The molecule has 3 nitrogen and oxygen atoms in total. The molecule has 1 unspecified atom stereocenters. The molecule has 0 radical (unpaired) electrons. The van der Waals surface area contributed by atoms with E-state index < -0.39 is 7.60 Å². The Kier molecular flexibility index (Phi) is 6.28. The Labute approximate surface area is 107 Å². The molecule has 1 aromatic carbocycles. The van der Waals surface area contributed by atoms with Gasteiger partial charge in [0.15, 0.2) is 0 Å². The minimum atomic E-state index is -3.01. The summed E-state index contributed by atoms with van der Waals surface area (Å²) in [5, 5.41) is 0. The summed E-state index contributed by atoms with van der Waals surface area (Å²) in [6.07, 6.45) is 0. The van der Waals surface area contributed by atoms with Crippen LogP contribution in [0.15, 0.2) is 35.2 Å². The van der Waals surface area contributed by atoms with Crippen LogP contribution in [0.1, 0.15) is 20.8 Å². The van der Waals surface area contributed by atoms with Crippen molar-refractivity contribution in [1.82, 2.24) is 0 Å². The Hall–Kier alpha value is -0.280. The number of benzene rings is 1. The lowest BCUT2D eigenvalue weighted by Gasteiger charge is -2.22. The summed E-state index contributed by atoms with van der Waals surface area (Å²) >= 11 is 1.52. The Morgan fingerprint density at radius 2 is 1.71 bits per heavy atom. The molecule has 0 aromatic heterocycles. The van der Waals surface area contributed by atoms with Gasteiger partial charge in [-0.1, -0.05) is 18.2 Å². The molecular weight excluding hydrogens is 255 g/mol. The highest BCUT2D eigenvalue weighted by Gasteiger charge is 2.32. The van der Waals surface area contributed by atoms with E-state index >= 15 is 0 Å². The van der Waals surface area contributed by atoms with Crippen LogP contribution in [0.3, 0.4) is 0 Å². The van der Waals surface area contributed by atoms with Crippen LogP contribution in [0.2, 0.25) is 0 Å². The number of thioether (sulfide) groups is 1. The second kappa shape index (κ2) is 7.22. The highest BCUT2D eigenvalue weighted by atomic mass is 32.2. The largest absolute Gasteiger partial charge is 0.343 e. The first-order valence-corrected chi connectivity index (χ1v) is 8.22. The standard InChI is InChI=1S/C12H19O3PS/c1-4-14-16(13,15-5-2)11(3)17-12-9-7-6-8-10-12/h6-11H,4-5H2,1-3H3. The van der Waals surface area contributed by atoms with E-state index in [-0.39, 0.29) is 4.99 Å². The topological polar surface area (TPSA) is 35.5 Å². The van der Waals surface area contributed by atoms with Gasteiger partial charge in [0.2, 0.25) is 0 Å². The van der Waals surface area contributed by atoms with Crippen molar-refractivity contribution < 1.29 is 13.6 Å². The van der Waals surface area contributed by atoms with Crippen LogP contribution in [0.4, 0.5) is 0 Å². The predicted octanol–water partition coefficient (Wildman–Crippen LogP) is 4.39. The van der Waals surface area contributed by atoms with E-state index in [1.165, 1.54) is 11.8 Å². The number of hydrogen-bond donors (Lipinski definition) is 0.